The van der Waals surface area contributed by atoms with Crippen LogP contribution in [-0.2, 0) is 28.5 Å². The predicted octanol–water partition coefficient (Wildman–Crippen LogP) is 4.21. The molecule has 6 heteroatoms. The summed E-state index contributed by atoms with van der Waals surface area (Å²) in [5, 5.41) is 0. The van der Waals surface area contributed by atoms with Crippen LogP contribution in [0.15, 0.2) is 24.5 Å². The van der Waals surface area contributed by atoms with Gasteiger partial charge in [0.2, 0.25) is 0 Å². The molecular formula is C19H30O6. The zero-order valence-corrected chi connectivity index (χ0v) is 15.3. The number of carbonyl (C=O) groups is 2. The van der Waals surface area contributed by atoms with E-state index in [1.54, 1.807) is 0 Å². The normalized spacial score (nSPS) is 14.1. The number of hydrogen-bond acceptors (Lipinski definition) is 6. The second-order valence-electron chi connectivity index (χ2n) is 6.07. The predicted molar refractivity (Wildman–Crippen MR) is 93.1 cm³/mol. The maximum atomic E-state index is 12.0. The van der Waals surface area contributed by atoms with Crippen molar-refractivity contribution in [2.75, 3.05) is 13.2 Å². The molecule has 1 aliphatic heterocycles. The molecule has 0 aromatic heterocycles. The van der Waals surface area contributed by atoms with Crippen molar-refractivity contribution in [2.24, 2.45) is 5.92 Å². The number of ether oxygens (including phenoxy) is 4. The largest absolute Gasteiger partial charge is 0.466 e. The van der Waals surface area contributed by atoms with E-state index in [2.05, 4.69) is 0 Å². The van der Waals surface area contributed by atoms with Gasteiger partial charge in [-0.3, -0.25) is 9.59 Å². The Morgan fingerprint density at radius 2 is 1.72 bits per heavy atom. The van der Waals surface area contributed by atoms with Crippen LogP contribution in [0.3, 0.4) is 0 Å². The van der Waals surface area contributed by atoms with Crippen molar-refractivity contribution in [3.05, 3.63) is 24.5 Å². The molecule has 6 nitrogen and oxygen atoms in total. The van der Waals surface area contributed by atoms with Crippen molar-refractivity contribution in [1.82, 2.24) is 0 Å². The fourth-order valence-corrected chi connectivity index (χ4v) is 2.30. The molecule has 142 valence electrons. The van der Waals surface area contributed by atoms with Gasteiger partial charge in [-0.05, 0) is 25.2 Å². The van der Waals surface area contributed by atoms with Gasteiger partial charge in [0.05, 0.1) is 13.2 Å². The van der Waals surface area contributed by atoms with Crippen LogP contribution in [0.1, 0.15) is 65.2 Å². The molecule has 1 heterocycles. The molecule has 0 spiro atoms. The lowest BCUT2D eigenvalue weighted by Crippen LogP contribution is -2.16. The Morgan fingerprint density at radius 3 is 2.32 bits per heavy atom. The fourth-order valence-electron chi connectivity index (χ4n) is 2.30. The average molecular weight is 354 g/mol. The highest BCUT2D eigenvalue weighted by atomic mass is 16.5. The van der Waals surface area contributed by atoms with Crippen LogP contribution in [0.25, 0.3) is 0 Å². The summed E-state index contributed by atoms with van der Waals surface area (Å²) in [6, 6.07) is 0. The van der Waals surface area contributed by atoms with Crippen molar-refractivity contribution >= 4 is 11.9 Å². The Hall–Kier alpha value is -1.98. The van der Waals surface area contributed by atoms with Crippen LogP contribution in [0.5, 0.6) is 0 Å². The first-order valence-electron chi connectivity index (χ1n) is 9.13. The van der Waals surface area contributed by atoms with Crippen molar-refractivity contribution in [3.8, 4) is 0 Å². The lowest BCUT2D eigenvalue weighted by molar-refractivity contribution is -0.147. The van der Waals surface area contributed by atoms with Crippen LogP contribution >= 0.6 is 0 Å². The van der Waals surface area contributed by atoms with Crippen LogP contribution in [-0.4, -0.2) is 25.2 Å². The van der Waals surface area contributed by atoms with Crippen molar-refractivity contribution in [2.45, 2.75) is 65.2 Å². The van der Waals surface area contributed by atoms with E-state index in [0.717, 1.165) is 25.7 Å². The van der Waals surface area contributed by atoms with Crippen molar-refractivity contribution in [1.29, 1.82) is 0 Å². The van der Waals surface area contributed by atoms with Crippen molar-refractivity contribution < 1.29 is 28.5 Å². The minimum Gasteiger partial charge on any atom is -0.466 e. The standard InChI is InChI=1S/C19H30O6/c1-3-5-9-24-18(20)8-7-16(13-17-15-22-11-12-23-17)14-19(21)25-10-6-4-2/h11-12,15-16H,3-10,13-14H2,1-2H3. The quantitative estimate of drug-likeness (QED) is 0.364. The van der Waals surface area contributed by atoms with Crippen LogP contribution in [0.2, 0.25) is 0 Å². The molecule has 0 N–H and O–H groups in total. The molecule has 0 aliphatic carbocycles. The SMILES string of the molecule is CCCCOC(=O)CCC(CC(=O)OCCCC)CC1=COC=CO1. The molecule has 0 radical (unpaired) electrons. The van der Waals surface area contributed by atoms with E-state index in [1.807, 2.05) is 13.8 Å². The Labute approximate surface area is 150 Å². The van der Waals surface area contributed by atoms with E-state index in [0.29, 0.717) is 31.8 Å². The van der Waals surface area contributed by atoms with E-state index >= 15 is 0 Å². The molecule has 0 bridgehead atoms. The van der Waals surface area contributed by atoms with Gasteiger partial charge in [0.25, 0.3) is 0 Å². The van der Waals surface area contributed by atoms with Gasteiger partial charge in [0, 0.05) is 19.3 Å². The summed E-state index contributed by atoms with van der Waals surface area (Å²) in [6.07, 6.45) is 9.65. The van der Waals surface area contributed by atoms with Gasteiger partial charge in [-0.1, -0.05) is 26.7 Å². The third-order valence-electron chi connectivity index (χ3n) is 3.78. The zero-order valence-electron chi connectivity index (χ0n) is 15.3. The second kappa shape index (κ2) is 13.3. The topological polar surface area (TPSA) is 71.1 Å². The van der Waals surface area contributed by atoms with Gasteiger partial charge < -0.3 is 18.9 Å². The Kier molecular flexibility index (Phi) is 11.2. The van der Waals surface area contributed by atoms with Gasteiger partial charge in [0.1, 0.15) is 24.5 Å². The molecule has 1 aliphatic rings. The molecule has 0 saturated heterocycles. The first kappa shape index (κ1) is 21.1. The molecule has 0 aromatic rings. The summed E-state index contributed by atoms with van der Waals surface area (Å²) in [5.41, 5.74) is 0. The van der Waals surface area contributed by atoms with Crippen molar-refractivity contribution in [3.63, 3.8) is 0 Å². The van der Waals surface area contributed by atoms with Gasteiger partial charge in [-0.15, -0.1) is 0 Å². The number of hydrogen-bond donors (Lipinski definition) is 0. The Morgan fingerprint density at radius 1 is 1.04 bits per heavy atom. The first-order valence-corrected chi connectivity index (χ1v) is 9.13. The summed E-state index contributed by atoms with van der Waals surface area (Å²) < 4.78 is 20.8. The Balaban J connectivity index is 2.44. The molecule has 1 unspecified atom stereocenters. The minimum atomic E-state index is -0.245. The Bertz CT molecular complexity index is 455. The molecule has 1 rings (SSSR count). The average Bonchev–Trinajstić information content (AvgIpc) is 2.61. The number of unbranched alkanes of at least 4 members (excludes halogenated alkanes) is 2. The van der Waals surface area contributed by atoms with E-state index in [1.165, 1.54) is 18.8 Å². The fraction of sp³-hybridized carbons (Fsp3) is 0.684. The minimum absolute atomic E-state index is 0.0609. The molecule has 1 atom stereocenters. The van der Waals surface area contributed by atoms with Crippen LogP contribution in [0.4, 0.5) is 0 Å². The highest BCUT2D eigenvalue weighted by Crippen LogP contribution is 2.24. The molecule has 0 amide bonds. The maximum Gasteiger partial charge on any atom is 0.306 e. The monoisotopic (exact) mass is 354 g/mol. The number of rotatable bonds is 13. The molecule has 25 heavy (non-hydrogen) atoms. The van der Waals surface area contributed by atoms with E-state index in [9.17, 15) is 9.59 Å². The lowest BCUT2D eigenvalue weighted by Gasteiger charge is -2.18. The van der Waals surface area contributed by atoms with E-state index < -0.39 is 0 Å². The maximum absolute atomic E-state index is 12.0. The number of carbonyl (C=O) groups excluding carboxylic acids is 2. The van der Waals surface area contributed by atoms with Gasteiger partial charge in [0.15, 0.2) is 0 Å². The first-order chi connectivity index (χ1) is 12.2. The number of allylic oxidation sites excluding steroid dienone is 1. The summed E-state index contributed by atoms with van der Waals surface area (Å²) in [5.74, 6) is 0.0977. The summed E-state index contributed by atoms with van der Waals surface area (Å²) in [6.45, 7) is 4.97. The highest BCUT2D eigenvalue weighted by Gasteiger charge is 2.20. The lowest BCUT2D eigenvalue weighted by atomic mass is 9.95. The molecular weight excluding hydrogens is 324 g/mol. The third kappa shape index (κ3) is 10.5. The van der Waals surface area contributed by atoms with Gasteiger partial charge in [-0.25, -0.2) is 0 Å². The second-order valence-corrected chi connectivity index (χ2v) is 6.07. The van der Waals surface area contributed by atoms with Gasteiger partial charge in [-0.2, -0.15) is 0 Å². The van der Waals surface area contributed by atoms with E-state index in [-0.39, 0.29) is 30.7 Å². The molecule has 0 aromatic carbocycles. The smallest absolute Gasteiger partial charge is 0.306 e. The van der Waals surface area contributed by atoms with E-state index in [4.69, 9.17) is 18.9 Å². The number of esters is 2. The summed E-state index contributed by atoms with van der Waals surface area (Å²) >= 11 is 0. The van der Waals surface area contributed by atoms with Gasteiger partial charge >= 0.3 is 11.9 Å². The third-order valence-corrected chi connectivity index (χ3v) is 3.78. The summed E-state index contributed by atoms with van der Waals surface area (Å²) in [4.78, 5) is 23.8. The zero-order chi connectivity index (χ0) is 18.3. The molecule has 0 fully saturated rings. The van der Waals surface area contributed by atoms with Crippen LogP contribution < -0.4 is 0 Å². The molecule has 0 saturated carbocycles. The summed E-state index contributed by atoms with van der Waals surface area (Å²) in [7, 11) is 0. The van der Waals surface area contributed by atoms with Crippen LogP contribution in [0, 0.1) is 5.92 Å². The highest BCUT2D eigenvalue weighted by molar-refractivity contribution is 5.71.